The fourth-order valence-electron chi connectivity index (χ4n) is 1.29. The molecule has 0 aliphatic carbocycles. The van der Waals surface area contributed by atoms with Gasteiger partial charge < -0.3 is 5.73 Å². The van der Waals surface area contributed by atoms with Gasteiger partial charge in [-0.2, -0.15) is 0 Å². The van der Waals surface area contributed by atoms with Crippen LogP contribution in [-0.4, -0.2) is 4.98 Å². The molecule has 0 fully saturated rings. The van der Waals surface area contributed by atoms with Crippen LogP contribution in [0.2, 0.25) is 0 Å². The zero-order chi connectivity index (χ0) is 10.8. The van der Waals surface area contributed by atoms with Gasteiger partial charge >= 0.3 is 0 Å². The Hall–Kier alpha value is -1.17. The van der Waals surface area contributed by atoms with E-state index in [9.17, 15) is 4.39 Å². The van der Waals surface area contributed by atoms with Crippen molar-refractivity contribution in [2.24, 2.45) is 0 Å². The first-order valence-electron chi connectivity index (χ1n) is 4.34. The Balaban J connectivity index is 2.55. The van der Waals surface area contributed by atoms with Crippen LogP contribution in [0.15, 0.2) is 36.5 Å². The summed E-state index contributed by atoms with van der Waals surface area (Å²) < 4.78 is 14.3. The average molecular weight is 314 g/mol. The number of pyridine rings is 1. The van der Waals surface area contributed by atoms with E-state index in [0.29, 0.717) is 11.4 Å². The largest absolute Gasteiger partial charge is 0.383 e. The first-order valence-corrected chi connectivity index (χ1v) is 5.42. The number of anilines is 1. The van der Waals surface area contributed by atoms with Crippen molar-refractivity contribution in [2.45, 2.75) is 0 Å². The molecule has 0 spiro atoms. The SMILES string of the molecule is Nc1ncc(-c2ccccc2F)cc1I. The molecule has 1 heterocycles. The van der Waals surface area contributed by atoms with E-state index in [4.69, 9.17) is 5.73 Å². The van der Waals surface area contributed by atoms with Gasteiger partial charge in [0.15, 0.2) is 0 Å². The highest BCUT2D eigenvalue weighted by Crippen LogP contribution is 2.24. The van der Waals surface area contributed by atoms with Crippen LogP contribution in [0.1, 0.15) is 0 Å². The van der Waals surface area contributed by atoms with Crippen molar-refractivity contribution in [3.8, 4) is 11.1 Å². The Bertz CT molecular complexity index is 500. The zero-order valence-electron chi connectivity index (χ0n) is 7.74. The fourth-order valence-corrected chi connectivity index (χ4v) is 1.77. The minimum Gasteiger partial charge on any atom is -0.383 e. The van der Waals surface area contributed by atoms with Crippen LogP contribution in [0.4, 0.5) is 10.2 Å². The van der Waals surface area contributed by atoms with Gasteiger partial charge in [0.05, 0.1) is 3.57 Å². The Morgan fingerprint density at radius 3 is 2.67 bits per heavy atom. The third kappa shape index (κ3) is 2.09. The third-order valence-electron chi connectivity index (χ3n) is 2.05. The predicted molar refractivity (Wildman–Crippen MR) is 66.8 cm³/mol. The lowest BCUT2D eigenvalue weighted by molar-refractivity contribution is 0.631. The standard InChI is InChI=1S/C11H8FIN2/c12-9-4-2-1-3-8(9)7-5-10(13)11(14)15-6-7/h1-6H,(H2,14,15). The van der Waals surface area contributed by atoms with Gasteiger partial charge in [-0.3, -0.25) is 0 Å². The molecule has 0 radical (unpaired) electrons. The summed E-state index contributed by atoms with van der Waals surface area (Å²) in [4.78, 5) is 4.00. The van der Waals surface area contributed by atoms with Crippen molar-refractivity contribution in [3.05, 3.63) is 45.9 Å². The first-order chi connectivity index (χ1) is 7.18. The molecule has 0 saturated carbocycles. The maximum absolute atomic E-state index is 13.4. The molecule has 1 aromatic heterocycles. The van der Waals surface area contributed by atoms with Crippen LogP contribution in [-0.2, 0) is 0 Å². The molecule has 0 saturated heterocycles. The highest BCUT2D eigenvalue weighted by Gasteiger charge is 2.06. The minimum atomic E-state index is -0.250. The quantitative estimate of drug-likeness (QED) is 0.822. The topological polar surface area (TPSA) is 38.9 Å². The van der Waals surface area contributed by atoms with E-state index < -0.39 is 0 Å². The van der Waals surface area contributed by atoms with Gasteiger partial charge in [0.25, 0.3) is 0 Å². The molecule has 4 heteroatoms. The second-order valence-electron chi connectivity index (χ2n) is 3.07. The van der Waals surface area contributed by atoms with Crippen molar-refractivity contribution in [2.75, 3.05) is 5.73 Å². The van der Waals surface area contributed by atoms with Crippen LogP contribution in [0.5, 0.6) is 0 Å². The molecule has 0 aliphatic heterocycles. The molecule has 0 amide bonds. The van der Waals surface area contributed by atoms with E-state index in [0.717, 1.165) is 9.13 Å². The lowest BCUT2D eigenvalue weighted by Gasteiger charge is -2.04. The number of nitrogens with two attached hydrogens (primary N) is 1. The Morgan fingerprint density at radius 1 is 1.27 bits per heavy atom. The number of aromatic nitrogens is 1. The summed E-state index contributed by atoms with van der Waals surface area (Å²) in [6.07, 6.45) is 1.58. The van der Waals surface area contributed by atoms with Crippen LogP contribution < -0.4 is 5.73 Å². The second-order valence-corrected chi connectivity index (χ2v) is 4.23. The maximum Gasteiger partial charge on any atom is 0.136 e. The maximum atomic E-state index is 13.4. The Morgan fingerprint density at radius 2 is 2.00 bits per heavy atom. The molecule has 0 aliphatic rings. The van der Waals surface area contributed by atoms with Gasteiger partial charge in [0, 0.05) is 17.3 Å². The fraction of sp³-hybridized carbons (Fsp3) is 0. The number of hydrogen-bond donors (Lipinski definition) is 1. The van der Waals surface area contributed by atoms with Gasteiger partial charge in [0.1, 0.15) is 11.6 Å². The van der Waals surface area contributed by atoms with Gasteiger partial charge in [0.2, 0.25) is 0 Å². The van der Waals surface area contributed by atoms with E-state index in [2.05, 4.69) is 27.6 Å². The molecule has 1 aromatic carbocycles. The van der Waals surface area contributed by atoms with Crippen LogP contribution in [0.3, 0.4) is 0 Å². The number of nitrogens with zero attached hydrogens (tertiary/aromatic N) is 1. The third-order valence-corrected chi connectivity index (χ3v) is 2.92. The minimum absolute atomic E-state index is 0.250. The summed E-state index contributed by atoms with van der Waals surface area (Å²) in [6.45, 7) is 0. The van der Waals surface area contributed by atoms with E-state index in [-0.39, 0.29) is 5.82 Å². The molecule has 2 nitrogen and oxygen atoms in total. The smallest absolute Gasteiger partial charge is 0.136 e. The number of rotatable bonds is 1. The van der Waals surface area contributed by atoms with E-state index in [1.54, 1.807) is 24.4 Å². The monoisotopic (exact) mass is 314 g/mol. The molecule has 2 aromatic rings. The van der Waals surface area contributed by atoms with Crippen LogP contribution in [0.25, 0.3) is 11.1 Å². The van der Waals surface area contributed by atoms with Crippen molar-refractivity contribution < 1.29 is 4.39 Å². The summed E-state index contributed by atoms with van der Waals surface area (Å²) >= 11 is 2.08. The van der Waals surface area contributed by atoms with Crippen molar-refractivity contribution >= 4 is 28.4 Å². The molecule has 0 unspecified atom stereocenters. The molecular weight excluding hydrogens is 306 g/mol. The van der Waals surface area contributed by atoms with Crippen molar-refractivity contribution in [3.63, 3.8) is 0 Å². The summed E-state index contributed by atoms with van der Waals surface area (Å²) in [7, 11) is 0. The summed E-state index contributed by atoms with van der Waals surface area (Å²) in [5.74, 6) is 0.218. The van der Waals surface area contributed by atoms with E-state index in [1.807, 2.05) is 6.07 Å². The zero-order valence-corrected chi connectivity index (χ0v) is 9.90. The summed E-state index contributed by atoms with van der Waals surface area (Å²) in [5, 5.41) is 0. The van der Waals surface area contributed by atoms with Gasteiger partial charge in [-0.05, 0) is 34.7 Å². The van der Waals surface area contributed by atoms with Gasteiger partial charge in [-0.25, -0.2) is 9.37 Å². The number of halogens is 2. The summed E-state index contributed by atoms with van der Waals surface area (Å²) in [5.41, 5.74) is 6.88. The lowest BCUT2D eigenvalue weighted by atomic mass is 10.1. The number of nitrogen functional groups attached to an aromatic ring is 1. The highest BCUT2D eigenvalue weighted by atomic mass is 127. The Kier molecular flexibility index (Phi) is 2.86. The molecule has 0 bridgehead atoms. The van der Waals surface area contributed by atoms with E-state index in [1.165, 1.54) is 6.07 Å². The van der Waals surface area contributed by atoms with Gasteiger partial charge in [-0.1, -0.05) is 18.2 Å². The lowest BCUT2D eigenvalue weighted by Crippen LogP contribution is -1.94. The predicted octanol–water partition coefficient (Wildman–Crippen LogP) is 3.07. The van der Waals surface area contributed by atoms with Crippen LogP contribution >= 0.6 is 22.6 Å². The molecular formula is C11H8FIN2. The first kappa shape index (κ1) is 10.4. The van der Waals surface area contributed by atoms with E-state index >= 15 is 0 Å². The summed E-state index contributed by atoms with van der Waals surface area (Å²) in [6, 6.07) is 8.43. The highest BCUT2D eigenvalue weighted by molar-refractivity contribution is 14.1. The van der Waals surface area contributed by atoms with Gasteiger partial charge in [-0.15, -0.1) is 0 Å². The van der Waals surface area contributed by atoms with Crippen molar-refractivity contribution in [1.82, 2.24) is 4.98 Å². The molecule has 0 atom stereocenters. The average Bonchev–Trinajstić information content (AvgIpc) is 2.23. The molecule has 15 heavy (non-hydrogen) atoms. The number of benzene rings is 1. The van der Waals surface area contributed by atoms with Crippen LogP contribution in [0, 0.1) is 9.39 Å². The molecule has 76 valence electrons. The molecule has 2 rings (SSSR count). The van der Waals surface area contributed by atoms with Crippen molar-refractivity contribution in [1.29, 1.82) is 0 Å². The number of hydrogen-bond acceptors (Lipinski definition) is 2. The second kappa shape index (κ2) is 4.14. The Labute approximate surface area is 100 Å². The normalized spacial score (nSPS) is 10.3. The molecule has 2 N–H and O–H groups in total.